The fourth-order valence-corrected chi connectivity index (χ4v) is 4.18. The van der Waals surface area contributed by atoms with Gasteiger partial charge in [-0.15, -0.1) is 10.2 Å². The maximum atomic E-state index is 13.5. The molecule has 0 unspecified atom stereocenters. The number of hydrogen-bond donors (Lipinski definition) is 1. The summed E-state index contributed by atoms with van der Waals surface area (Å²) in [6.07, 6.45) is 4.16. The lowest BCUT2D eigenvalue weighted by Gasteiger charge is -2.29. The van der Waals surface area contributed by atoms with Crippen LogP contribution in [0.15, 0.2) is 48.5 Å². The van der Waals surface area contributed by atoms with E-state index in [-0.39, 0.29) is 24.4 Å². The van der Waals surface area contributed by atoms with E-state index in [1.54, 1.807) is 38.3 Å². The van der Waals surface area contributed by atoms with Crippen LogP contribution in [0.25, 0.3) is 11.4 Å². The Kier molecular flexibility index (Phi) is 7.20. The zero-order chi connectivity index (χ0) is 24.1. The first kappa shape index (κ1) is 23.4. The number of aromatic nitrogens is 4. The number of nitrogens with zero attached hydrogens (tertiary/aromatic N) is 5. The molecule has 0 aliphatic heterocycles. The van der Waals surface area contributed by atoms with E-state index in [4.69, 9.17) is 4.74 Å². The van der Waals surface area contributed by atoms with E-state index in [1.807, 2.05) is 31.2 Å². The van der Waals surface area contributed by atoms with Crippen molar-refractivity contribution in [3.05, 3.63) is 54.1 Å². The molecule has 4 rings (SSSR count). The first-order valence-corrected chi connectivity index (χ1v) is 11.6. The number of ether oxygens (including phenoxy) is 1. The molecule has 0 saturated heterocycles. The van der Waals surface area contributed by atoms with Crippen molar-refractivity contribution in [3.63, 3.8) is 0 Å². The van der Waals surface area contributed by atoms with Gasteiger partial charge in [-0.05, 0) is 44.0 Å². The standard InChI is InChI=1S/C25H30N6O3/c1-17-11-13-19(14-12-17)24-27-29-30(28-24)16-23(32)31(21-9-6-10-22(15-21)34-3)18(2)25(33)26-20-7-4-5-8-20/h6,9-15,18,20H,4-5,7-8,16H2,1-3H3,(H,26,33)/t18-/m0/s1. The average molecular weight is 463 g/mol. The molecule has 34 heavy (non-hydrogen) atoms. The van der Waals surface area contributed by atoms with Crippen LogP contribution >= 0.6 is 0 Å². The molecule has 2 aromatic carbocycles. The average Bonchev–Trinajstić information content (AvgIpc) is 3.52. The zero-order valence-electron chi connectivity index (χ0n) is 19.8. The topological polar surface area (TPSA) is 102 Å². The van der Waals surface area contributed by atoms with Crippen molar-refractivity contribution >= 4 is 17.5 Å². The quantitative estimate of drug-likeness (QED) is 0.552. The van der Waals surface area contributed by atoms with Gasteiger partial charge >= 0.3 is 0 Å². The van der Waals surface area contributed by atoms with Crippen molar-refractivity contribution in [2.45, 2.75) is 58.2 Å². The third kappa shape index (κ3) is 5.41. The number of amides is 2. The van der Waals surface area contributed by atoms with E-state index < -0.39 is 6.04 Å². The second-order valence-electron chi connectivity index (χ2n) is 8.64. The minimum Gasteiger partial charge on any atom is -0.497 e. The number of benzene rings is 2. The molecule has 3 aromatic rings. The molecule has 178 valence electrons. The summed E-state index contributed by atoms with van der Waals surface area (Å²) < 4.78 is 5.33. The lowest BCUT2D eigenvalue weighted by atomic mass is 10.1. The predicted molar refractivity (Wildman–Crippen MR) is 128 cm³/mol. The Morgan fingerprint density at radius 3 is 2.62 bits per heavy atom. The Bertz CT molecular complexity index is 1140. The first-order valence-electron chi connectivity index (χ1n) is 11.6. The van der Waals surface area contributed by atoms with Gasteiger partial charge in [0.2, 0.25) is 11.7 Å². The monoisotopic (exact) mass is 462 g/mol. The molecule has 2 amide bonds. The van der Waals surface area contributed by atoms with Crippen LogP contribution in [0.1, 0.15) is 38.2 Å². The van der Waals surface area contributed by atoms with Crippen molar-refractivity contribution in [2.24, 2.45) is 0 Å². The number of rotatable bonds is 8. The normalized spacial score (nSPS) is 14.6. The fraction of sp³-hybridized carbons (Fsp3) is 0.400. The Morgan fingerprint density at radius 1 is 1.18 bits per heavy atom. The van der Waals surface area contributed by atoms with Crippen LogP contribution in [-0.4, -0.2) is 51.2 Å². The SMILES string of the molecule is COc1cccc(N(C(=O)Cn2nnc(-c3ccc(C)cc3)n2)[C@@H](C)C(=O)NC2CCCC2)c1. The zero-order valence-corrected chi connectivity index (χ0v) is 19.8. The smallest absolute Gasteiger partial charge is 0.251 e. The van der Waals surface area contributed by atoms with Gasteiger partial charge < -0.3 is 10.1 Å². The molecule has 9 heteroatoms. The van der Waals surface area contributed by atoms with Crippen LogP contribution < -0.4 is 15.0 Å². The van der Waals surface area contributed by atoms with Gasteiger partial charge in [0.25, 0.3) is 5.91 Å². The molecule has 1 atom stereocenters. The number of nitrogens with one attached hydrogen (secondary N) is 1. The molecule has 0 bridgehead atoms. The Balaban J connectivity index is 1.55. The number of carbonyl (C=O) groups is 2. The molecular formula is C25H30N6O3. The second-order valence-corrected chi connectivity index (χ2v) is 8.64. The molecule has 0 spiro atoms. The van der Waals surface area contributed by atoms with Crippen LogP contribution in [-0.2, 0) is 16.1 Å². The Morgan fingerprint density at radius 2 is 1.91 bits per heavy atom. The summed E-state index contributed by atoms with van der Waals surface area (Å²) in [7, 11) is 1.56. The van der Waals surface area contributed by atoms with Crippen LogP contribution in [0.3, 0.4) is 0 Å². The highest BCUT2D eigenvalue weighted by atomic mass is 16.5. The minimum atomic E-state index is -0.722. The van der Waals surface area contributed by atoms with Gasteiger partial charge in [-0.2, -0.15) is 4.80 Å². The molecule has 1 aliphatic carbocycles. The second kappa shape index (κ2) is 10.5. The fourth-order valence-electron chi connectivity index (χ4n) is 4.18. The van der Waals surface area contributed by atoms with Crippen LogP contribution in [0.2, 0.25) is 0 Å². The minimum absolute atomic E-state index is 0.156. The van der Waals surface area contributed by atoms with Gasteiger partial charge in [-0.25, -0.2) is 0 Å². The molecular weight excluding hydrogens is 432 g/mol. The third-order valence-electron chi connectivity index (χ3n) is 6.11. The third-order valence-corrected chi connectivity index (χ3v) is 6.11. The highest BCUT2D eigenvalue weighted by molar-refractivity contribution is 6.00. The molecule has 1 N–H and O–H groups in total. The lowest BCUT2D eigenvalue weighted by Crippen LogP contribution is -2.51. The number of methoxy groups -OCH3 is 1. The van der Waals surface area contributed by atoms with Crippen molar-refractivity contribution in [1.82, 2.24) is 25.5 Å². The van der Waals surface area contributed by atoms with Crippen LogP contribution in [0, 0.1) is 6.92 Å². The van der Waals surface area contributed by atoms with E-state index in [9.17, 15) is 9.59 Å². The van der Waals surface area contributed by atoms with Gasteiger partial charge in [-0.3, -0.25) is 14.5 Å². The summed E-state index contributed by atoms with van der Waals surface area (Å²) in [5.41, 5.74) is 2.51. The summed E-state index contributed by atoms with van der Waals surface area (Å²) in [4.78, 5) is 29.2. The predicted octanol–water partition coefficient (Wildman–Crippen LogP) is 3.14. The van der Waals surface area contributed by atoms with Crippen LogP contribution in [0.5, 0.6) is 5.75 Å². The van der Waals surface area contributed by atoms with Gasteiger partial charge in [0.05, 0.1) is 7.11 Å². The molecule has 1 fully saturated rings. The van der Waals surface area contributed by atoms with E-state index >= 15 is 0 Å². The molecule has 0 radical (unpaired) electrons. The van der Waals surface area contributed by atoms with Gasteiger partial charge in [-0.1, -0.05) is 48.7 Å². The van der Waals surface area contributed by atoms with E-state index in [2.05, 4.69) is 20.7 Å². The highest BCUT2D eigenvalue weighted by Crippen LogP contribution is 2.24. The number of aryl methyl sites for hydroxylation is 1. The van der Waals surface area contributed by atoms with E-state index in [0.29, 0.717) is 17.3 Å². The number of carbonyl (C=O) groups excluding carboxylic acids is 2. The molecule has 1 aliphatic rings. The Hall–Kier alpha value is -3.75. The van der Waals surface area contributed by atoms with Crippen molar-refractivity contribution < 1.29 is 14.3 Å². The number of tetrazole rings is 1. The summed E-state index contributed by atoms with van der Waals surface area (Å²) >= 11 is 0. The molecule has 1 saturated carbocycles. The maximum Gasteiger partial charge on any atom is 0.251 e. The summed E-state index contributed by atoms with van der Waals surface area (Å²) in [6.45, 7) is 3.58. The van der Waals surface area contributed by atoms with E-state index in [1.165, 1.54) is 9.70 Å². The maximum absolute atomic E-state index is 13.5. The summed E-state index contributed by atoms with van der Waals surface area (Å²) in [5.74, 6) is 0.525. The Labute approximate surface area is 199 Å². The van der Waals surface area contributed by atoms with Gasteiger partial charge in [0.15, 0.2) is 0 Å². The van der Waals surface area contributed by atoms with Gasteiger partial charge in [0.1, 0.15) is 18.3 Å². The van der Waals surface area contributed by atoms with Crippen molar-refractivity contribution in [3.8, 4) is 17.1 Å². The van der Waals surface area contributed by atoms with Crippen LogP contribution in [0.4, 0.5) is 5.69 Å². The van der Waals surface area contributed by atoms with Gasteiger partial charge in [0, 0.05) is 23.4 Å². The highest BCUT2D eigenvalue weighted by Gasteiger charge is 2.30. The first-order chi connectivity index (χ1) is 16.4. The number of hydrogen-bond acceptors (Lipinski definition) is 6. The number of anilines is 1. The molecule has 9 nitrogen and oxygen atoms in total. The largest absolute Gasteiger partial charge is 0.497 e. The van der Waals surface area contributed by atoms with Crippen molar-refractivity contribution in [2.75, 3.05) is 12.0 Å². The van der Waals surface area contributed by atoms with Crippen molar-refractivity contribution in [1.29, 1.82) is 0 Å². The molecule has 1 heterocycles. The van der Waals surface area contributed by atoms with E-state index in [0.717, 1.165) is 36.8 Å². The lowest BCUT2D eigenvalue weighted by molar-refractivity contribution is -0.127. The summed E-state index contributed by atoms with van der Waals surface area (Å²) in [6, 6.07) is 14.3. The molecule has 1 aromatic heterocycles. The summed E-state index contributed by atoms with van der Waals surface area (Å²) in [5, 5.41) is 15.6.